The number of benzene rings is 2. The summed E-state index contributed by atoms with van der Waals surface area (Å²) in [5.41, 5.74) is 1.43. The molecule has 0 spiro atoms. The van der Waals surface area contributed by atoms with Gasteiger partial charge in [0.25, 0.3) is 0 Å². The van der Waals surface area contributed by atoms with Gasteiger partial charge in [-0.15, -0.1) is 0 Å². The first-order valence-electron chi connectivity index (χ1n) is 7.78. The second-order valence-corrected chi connectivity index (χ2v) is 7.81. The Kier molecular flexibility index (Phi) is 5.49. The smallest absolute Gasteiger partial charge is 0.322 e. The van der Waals surface area contributed by atoms with Gasteiger partial charge in [-0.2, -0.15) is 4.72 Å². The van der Waals surface area contributed by atoms with Crippen molar-refractivity contribution in [3.63, 3.8) is 0 Å². The predicted octanol–water partition coefficient (Wildman–Crippen LogP) is 2.76. The van der Waals surface area contributed by atoms with Crippen molar-refractivity contribution in [3.8, 4) is 16.9 Å². The third kappa shape index (κ3) is 4.00. The van der Waals surface area contributed by atoms with Gasteiger partial charge in [0.1, 0.15) is 11.8 Å². The van der Waals surface area contributed by atoms with E-state index < -0.39 is 28.0 Å². The maximum absolute atomic E-state index is 12.6. The number of hydrogen-bond donors (Lipinski definition) is 3. The predicted molar refractivity (Wildman–Crippen MR) is 94.9 cm³/mol. The summed E-state index contributed by atoms with van der Waals surface area (Å²) in [7, 11) is -4.09. The zero-order chi connectivity index (χ0) is 18.8. The van der Waals surface area contributed by atoms with Crippen LogP contribution in [-0.4, -0.2) is 30.6 Å². The van der Waals surface area contributed by atoms with Crippen LogP contribution < -0.4 is 4.72 Å². The van der Waals surface area contributed by atoms with Gasteiger partial charge in [-0.1, -0.05) is 44.2 Å². The second-order valence-electron chi connectivity index (χ2n) is 6.13. The van der Waals surface area contributed by atoms with Gasteiger partial charge in [0.15, 0.2) is 0 Å². The molecular weight excluding hydrogens is 342 g/mol. The number of sulfonamides is 1. The first-order valence-corrected chi connectivity index (χ1v) is 9.26. The first kappa shape index (κ1) is 19.0. The van der Waals surface area contributed by atoms with Gasteiger partial charge in [-0.25, -0.2) is 8.42 Å². The molecule has 0 amide bonds. The Morgan fingerprint density at radius 3 is 2.20 bits per heavy atom. The van der Waals surface area contributed by atoms with Crippen LogP contribution in [0.2, 0.25) is 0 Å². The van der Waals surface area contributed by atoms with Crippen LogP contribution in [-0.2, 0) is 14.8 Å². The van der Waals surface area contributed by atoms with Crippen molar-refractivity contribution in [2.75, 3.05) is 0 Å². The second kappa shape index (κ2) is 7.25. The maximum atomic E-state index is 12.6. The minimum absolute atomic E-state index is 0.142. The topological polar surface area (TPSA) is 104 Å². The molecular formula is C18H21NO5S. The van der Waals surface area contributed by atoms with E-state index >= 15 is 0 Å². The molecule has 0 heterocycles. The summed E-state index contributed by atoms with van der Waals surface area (Å²) in [6.45, 7) is 4.72. The highest BCUT2D eigenvalue weighted by molar-refractivity contribution is 7.89. The summed E-state index contributed by atoms with van der Waals surface area (Å²) in [4.78, 5) is 11.1. The van der Waals surface area contributed by atoms with Crippen LogP contribution in [0, 0.1) is 12.8 Å². The van der Waals surface area contributed by atoms with E-state index in [4.69, 9.17) is 0 Å². The lowest BCUT2D eigenvalue weighted by molar-refractivity contribution is -0.140. The van der Waals surface area contributed by atoms with E-state index in [-0.39, 0.29) is 16.2 Å². The molecule has 6 nitrogen and oxygen atoms in total. The third-order valence-corrected chi connectivity index (χ3v) is 5.56. The van der Waals surface area contributed by atoms with E-state index in [0.29, 0.717) is 5.56 Å². The van der Waals surface area contributed by atoms with Crippen molar-refractivity contribution >= 4 is 16.0 Å². The van der Waals surface area contributed by atoms with Crippen LogP contribution >= 0.6 is 0 Å². The average Bonchev–Trinajstić information content (AvgIpc) is 2.55. The van der Waals surface area contributed by atoms with Gasteiger partial charge >= 0.3 is 5.97 Å². The van der Waals surface area contributed by atoms with Crippen molar-refractivity contribution in [1.82, 2.24) is 4.72 Å². The number of aliphatic carboxylic acids is 1. The third-order valence-electron chi connectivity index (χ3n) is 3.97. The Bertz CT molecular complexity index is 876. The van der Waals surface area contributed by atoms with Crippen molar-refractivity contribution in [2.24, 2.45) is 5.92 Å². The van der Waals surface area contributed by atoms with Gasteiger partial charge in [0, 0.05) is 11.1 Å². The van der Waals surface area contributed by atoms with Crippen molar-refractivity contribution in [2.45, 2.75) is 31.7 Å². The van der Waals surface area contributed by atoms with Crippen LogP contribution in [0.5, 0.6) is 5.75 Å². The lowest BCUT2D eigenvalue weighted by atomic mass is 10.0. The number of carboxylic acids is 1. The lowest BCUT2D eigenvalue weighted by Gasteiger charge is -2.19. The summed E-state index contributed by atoms with van der Waals surface area (Å²) < 4.78 is 27.4. The maximum Gasteiger partial charge on any atom is 0.322 e. The molecule has 0 saturated heterocycles. The summed E-state index contributed by atoms with van der Waals surface area (Å²) >= 11 is 0. The van der Waals surface area contributed by atoms with Gasteiger partial charge in [0.05, 0.1) is 4.90 Å². The van der Waals surface area contributed by atoms with Crippen LogP contribution in [0.3, 0.4) is 0 Å². The molecule has 0 aliphatic heterocycles. The molecule has 7 heteroatoms. The Labute approximate surface area is 147 Å². The Balaban J connectivity index is 2.46. The molecule has 0 aliphatic carbocycles. The van der Waals surface area contributed by atoms with Crippen molar-refractivity contribution in [3.05, 3.63) is 48.0 Å². The van der Waals surface area contributed by atoms with Gasteiger partial charge in [-0.3, -0.25) is 4.79 Å². The van der Waals surface area contributed by atoms with E-state index in [1.165, 1.54) is 19.1 Å². The normalized spacial score (nSPS) is 13.0. The molecule has 2 aromatic rings. The minimum Gasteiger partial charge on any atom is -0.507 e. The van der Waals surface area contributed by atoms with E-state index in [1.807, 2.05) is 18.2 Å². The zero-order valence-electron chi connectivity index (χ0n) is 14.2. The quantitative estimate of drug-likeness (QED) is 0.732. The highest BCUT2D eigenvalue weighted by atomic mass is 32.2. The van der Waals surface area contributed by atoms with Gasteiger partial charge < -0.3 is 10.2 Å². The minimum atomic E-state index is -4.09. The molecule has 2 aromatic carbocycles. The number of hydrogen-bond acceptors (Lipinski definition) is 4. The van der Waals surface area contributed by atoms with Crippen molar-refractivity contribution in [1.29, 1.82) is 0 Å². The molecule has 0 aromatic heterocycles. The summed E-state index contributed by atoms with van der Waals surface area (Å²) in [5, 5.41) is 19.6. The number of nitrogens with one attached hydrogen (secondary N) is 1. The van der Waals surface area contributed by atoms with E-state index in [0.717, 1.165) is 5.56 Å². The summed E-state index contributed by atoms with van der Waals surface area (Å²) in [6, 6.07) is 10.7. The molecule has 2 rings (SSSR count). The zero-order valence-corrected chi connectivity index (χ0v) is 15.0. The molecule has 0 fully saturated rings. The Hall–Kier alpha value is -2.38. The van der Waals surface area contributed by atoms with Gasteiger partial charge in [-0.05, 0) is 30.5 Å². The molecule has 25 heavy (non-hydrogen) atoms. The number of aromatic hydroxyl groups is 1. The number of phenols is 1. The highest BCUT2D eigenvalue weighted by Crippen LogP contribution is 2.35. The molecule has 0 radical (unpaired) electrons. The average molecular weight is 363 g/mol. The fourth-order valence-electron chi connectivity index (χ4n) is 2.53. The van der Waals surface area contributed by atoms with Crippen LogP contribution in [0.25, 0.3) is 11.1 Å². The summed E-state index contributed by atoms with van der Waals surface area (Å²) in [5.74, 6) is -1.82. The standard InChI is InChI=1S/C18H21NO5S/c1-11(2)16(18(21)22)19-25(23,24)15-10-9-14(17(20)12(15)3)13-7-5-4-6-8-13/h4-11,16,19-20H,1-3H3,(H,21,22). The molecule has 1 unspecified atom stereocenters. The number of carboxylic acid groups (broad SMARTS) is 1. The number of rotatable bonds is 6. The van der Waals surface area contributed by atoms with E-state index in [9.17, 15) is 23.4 Å². The fraction of sp³-hybridized carbons (Fsp3) is 0.278. The van der Waals surface area contributed by atoms with E-state index in [2.05, 4.69) is 4.72 Å². The summed E-state index contributed by atoms with van der Waals surface area (Å²) in [6.07, 6.45) is 0. The van der Waals surface area contributed by atoms with Gasteiger partial charge in [0.2, 0.25) is 10.0 Å². The van der Waals surface area contributed by atoms with Crippen LogP contribution in [0.15, 0.2) is 47.4 Å². The molecule has 134 valence electrons. The largest absolute Gasteiger partial charge is 0.507 e. The molecule has 0 aliphatic rings. The molecule has 1 atom stereocenters. The van der Waals surface area contributed by atoms with Crippen LogP contribution in [0.4, 0.5) is 0 Å². The molecule has 3 N–H and O–H groups in total. The van der Waals surface area contributed by atoms with Crippen LogP contribution in [0.1, 0.15) is 19.4 Å². The van der Waals surface area contributed by atoms with E-state index in [1.54, 1.807) is 26.0 Å². The molecule has 0 saturated carbocycles. The number of carbonyl (C=O) groups is 1. The highest BCUT2D eigenvalue weighted by Gasteiger charge is 2.29. The first-order chi connectivity index (χ1) is 11.6. The monoisotopic (exact) mass is 363 g/mol. The lowest BCUT2D eigenvalue weighted by Crippen LogP contribution is -2.44. The SMILES string of the molecule is Cc1c(S(=O)(=O)NC(C(=O)O)C(C)C)ccc(-c2ccccc2)c1O. The Morgan fingerprint density at radius 2 is 1.68 bits per heavy atom. The van der Waals surface area contributed by atoms with Crippen molar-refractivity contribution < 1.29 is 23.4 Å². The number of phenolic OH excluding ortho intramolecular Hbond substituents is 1. The molecule has 0 bridgehead atoms. The fourth-order valence-corrected chi connectivity index (χ4v) is 4.11. The Morgan fingerprint density at radius 1 is 1.08 bits per heavy atom.